The molecule has 0 amide bonds. The standard InChI is InChI=1S/C78H42N6O/c79-43-61-73(81-63-31-10-3-21-48(63)49-22-4-11-32-64(49)81)74(82-65-33-12-5-23-50(65)51-24-6-13-34-66(51)82)62(44-80)76(75(61)83-67-35-14-7-25-52(67)53-26-8-15-36-68(53)83)84-69-37-18-30-57(72(69)60-42-41-59-54-27-9-16-38-70(54)85-78(59)77(60)84)47-39-40-58-46-20-2-1-19-45(46)55-28-17-29-56(47)71(55)58/h1-42H. The monoisotopic (exact) mass is 1080 g/mol. The van der Waals surface area contributed by atoms with Crippen molar-refractivity contribution in [2.75, 3.05) is 0 Å². The molecule has 7 nitrogen and oxygen atoms in total. The second-order valence-corrected chi connectivity index (χ2v) is 22.4. The lowest BCUT2D eigenvalue weighted by molar-refractivity contribution is 0.671. The van der Waals surface area contributed by atoms with Gasteiger partial charge in [0, 0.05) is 53.9 Å². The molecule has 0 radical (unpaired) electrons. The van der Waals surface area contributed by atoms with Crippen molar-refractivity contribution in [1.29, 1.82) is 10.5 Å². The van der Waals surface area contributed by atoms with E-state index in [9.17, 15) is 10.5 Å². The third-order valence-corrected chi connectivity index (χ3v) is 18.4. The largest absolute Gasteiger partial charge is 0.454 e. The number of aromatic nitrogens is 4. The molecule has 0 saturated heterocycles. The van der Waals surface area contributed by atoms with Crippen LogP contribution in [-0.4, -0.2) is 18.3 Å². The fourth-order valence-electron chi connectivity index (χ4n) is 15.1. The Balaban J connectivity index is 1.09. The molecule has 7 heteroatoms. The molecule has 5 aromatic heterocycles. The van der Waals surface area contributed by atoms with Gasteiger partial charge in [-0.15, -0.1) is 0 Å². The van der Waals surface area contributed by atoms with Gasteiger partial charge in [-0.25, -0.2) is 0 Å². The first-order valence-electron chi connectivity index (χ1n) is 28.7. The Labute approximate surface area is 484 Å². The molecule has 0 N–H and O–H groups in total. The highest BCUT2D eigenvalue weighted by Gasteiger charge is 2.36. The molecule has 0 bridgehead atoms. The lowest BCUT2D eigenvalue weighted by Gasteiger charge is -2.27. The molecule has 0 atom stereocenters. The zero-order chi connectivity index (χ0) is 55.8. The second kappa shape index (κ2) is 16.8. The smallest absolute Gasteiger partial charge is 0.160 e. The van der Waals surface area contributed by atoms with Crippen molar-refractivity contribution in [1.82, 2.24) is 18.3 Å². The van der Waals surface area contributed by atoms with Gasteiger partial charge in [0.25, 0.3) is 0 Å². The quantitative estimate of drug-likeness (QED) is 0.172. The fraction of sp³-hybridized carbons (Fsp3) is 0. The van der Waals surface area contributed by atoms with Crippen LogP contribution in [0.3, 0.4) is 0 Å². The number of nitrogens with zero attached hydrogens (tertiary/aromatic N) is 6. The minimum absolute atomic E-state index is 0.375. The van der Waals surface area contributed by atoms with E-state index in [1.54, 1.807) is 0 Å². The Bertz CT molecular complexity index is 5950. The van der Waals surface area contributed by atoms with Crippen LogP contribution in [0, 0.1) is 22.7 Å². The maximum absolute atomic E-state index is 13.1. The van der Waals surface area contributed by atoms with Crippen LogP contribution >= 0.6 is 0 Å². The van der Waals surface area contributed by atoms with Gasteiger partial charge in [0.2, 0.25) is 0 Å². The van der Waals surface area contributed by atoms with Gasteiger partial charge in [0.1, 0.15) is 28.8 Å². The van der Waals surface area contributed by atoms with E-state index in [1.165, 1.54) is 27.6 Å². The number of para-hydroxylation sites is 7. The fourth-order valence-corrected chi connectivity index (χ4v) is 15.1. The number of nitriles is 2. The van der Waals surface area contributed by atoms with Crippen molar-refractivity contribution in [3.63, 3.8) is 0 Å². The summed E-state index contributed by atoms with van der Waals surface area (Å²) in [6, 6.07) is 95.9. The van der Waals surface area contributed by atoms with E-state index < -0.39 is 0 Å². The Hall–Kier alpha value is -11.9. The summed E-state index contributed by atoms with van der Waals surface area (Å²) in [6.07, 6.45) is 0. The average molecular weight is 1080 g/mol. The molecular weight excluding hydrogens is 1040 g/mol. The van der Waals surface area contributed by atoms with Crippen LogP contribution in [0.15, 0.2) is 259 Å². The summed E-state index contributed by atoms with van der Waals surface area (Å²) >= 11 is 0. The summed E-state index contributed by atoms with van der Waals surface area (Å²) in [7, 11) is 0. The lowest BCUT2D eigenvalue weighted by Crippen LogP contribution is -2.16. The van der Waals surface area contributed by atoms with E-state index in [1.807, 2.05) is 12.1 Å². The molecule has 0 fully saturated rings. The minimum Gasteiger partial charge on any atom is -0.454 e. The van der Waals surface area contributed by atoms with Gasteiger partial charge in [-0.3, -0.25) is 0 Å². The molecule has 85 heavy (non-hydrogen) atoms. The van der Waals surface area contributed by atoms with E-state index in [2.05, 4.69) is 273 Å². The normalized spacial score (nSPS) is 12.2. The highest BCUT2D eigenvalue weighted by atomic mass is 16.3. The van der Waals surface area contributed by atoms with Gasteiger partial charge < -0.3 is 22.7 Å². The van der Waals surface area contributed by atoms with Crippen LogP contribution in [0.2, 0.25) is 0 Å². The second-order valence-electron chi connectivity index (χ2n) is 22.4. The zero-order valence-electron chi connectivity index (χ0n) is 45.3. The van der Waals surface area contributed by atoms with Gasteiger partial charge in [-0.1, -0.05) is 200 Å². The predicted octanol–water partition coefficient (Wildman–Crippen LogP) is 20.2. The lowest BCUT2D eigenvalue weighted by atomic mass is 9.92. The maximum atomic E-state index is 13.1. The van der Waals surface area contributed by atoms with Crippen molar-refractivity contribution >= 4 is 120 Å². The number of rotatable bonds is 5. The van der Waals surface area contributed by atoms with Crippen LogP contribution < -0.4 is 0 Å². The Morgan fingerprint density at radius 2 is 0.588 bits per heavy atom. The van der Waals surface area contributed by atoms with E-state index in [4.69, 9.17) is 4.42 Å². The van der Waals surface area contributed by atoms with Crippen LogP contribution in [0.1, 0.15) is 11.1 Å². The molecule has 0 saturated carbocycles. The van der Waals surface area contributed by atoms with E-state index in [0.29, 0.717) is 39.5 Å². The van der Waals surface area contributed by atoms with Crippen LogP contribution in [0.4, 0.5) is 0 Å². The van der Waals surface area contributed by atoms with Gasteiger partial charge in [0.15, 0.2) is 5.58 Å². The molecule has 390 valence electrons. The van der Waals surface area contributed by atoms with Crippen molar-refractivity contribution in [2.45, 2.75) is 0 Å². The molecule has 0 unspecified atom stereocenters. The van der Waals surface area contributed by atoms with Gasteiger partial charge in [-0.2, -0.15) is 10.5 Å². The summed E-state index contributed by atoms with van der Waals surface area (Å²) in [5.41, 5.74) is 18.6. The number of furan rings is 1. The molecule has 5 heterocycles. The van der Waals surface area contributed by atoms with Crippen molar-refractivity contribution in [3.8, 4) is 68.3 Å². The highest BCUT2D eigenvalue weighted by Crippen LogP contribution is 2.54. The third-order valence-electron chi connectivity index (χ3n) is 18.4. The molecule has 13 aromatic carbocycles. The number of hydrogen-bond donors (Lipinski definition) is 0. The molecule has 0 aliphatic heterocycles. The van der Waals surface area contributed by atoms with E-state index in [0.717, 1.165) is 120 Å². The third kappa shape index (κ3) is 5.85. The zero-order valence-corrected chi connectivity index (χ0v) is 45.3. The van der Waals surface area contributed by atoms with Crippen LogP contribution in [0.5, 0.6) is 0 Å². The SMILES string of the molecule is N#Cc1c(-n2c3ccccc3c3ccccc32)c(-n2c3ccccc3c3ccccc32)c(C#N)c(-n2c3cccc(-c4ccc5c6c(cccc46)-c4ccccc4-5)c3c3ccc4c5ccccc5oc4c32)c1-n1c2ccccc2c2ccccc21. The summed E-state index contributed by atoms with van der Waals surface area (Å²) < 4.78 is 16.3. The van der Waals surface area contributed by atoms with Gasteiger partial charge >= 0.3 is 0 Å². The summed E-state index contributed by atoms with van der Waals surface area (Å²) in [5, 5.41) is 38.4. The number of benzene rings is 13. The first-order valence-corrected chi connectivity index (χ1v) is 28.7. The van der Waals surface area contributed by atoms with E-state index >= 15 is 0 Å². The summed E-state index contributed by atoms with van der Waals surface area (Å²) in [5.74, 6) is 0. The number of hydrogen-bond acceptors (Lipinski definition) is 3. The average Bonchev–Trinajstić information content (AvgIpc) is 2.80. The number of fused-ring (bicyclic) bond motifs is 19. The topological polar surface area (TPSA) is 80.4 Å². The van der Waals surface area contributed by atoms with Crippen molar-refractivity contribution < 1.29 is 4.42 Å². The first-order chi connectivity index (χ1) is 42.2. The molecular formula is C78H42N6O. The van der Waals surface area contributed by atoms with Gasteiger partial charge in [-0.05, 0) is 98.8 Å². The molecule has 19 rings (SSSR count). The molecule has 1 aliphatic rings. The summed E-state index contributed by atoms with van der Waals surface area (Å²) in [6.45, 7) is 0. The Kier molecular flexibility index (Phi) is 9.07. The maximum Gasteiger partial charge on any atom is 0.160 e. The first kappa shape index (κ1) is 45.8. The van der Waals surface area contributed by atoms with Gasteiger partial charge in [0.05, 0.1) is 66.9 Å². The molecule has 1 aliphatic carbocycles. The Morgan fingerprint density at radius 3 is 1.07 bits per heavy atom. The minimum atomic E-state index is 0.375. The van der Waals surface area contributed by atoms with Crippen molar-refractivity contribution in [2.24, 2.45) is 0 Å². The molecule has 18 aromatic rings. The predicted molar refractivity (Wildman–Crippen MR) is 348 cm³/mol. The van der Waals surface area contributed by atoms with Crippen LogP contribution in [0.25, 0.3) is 176 Å². The summed E-state index contributed by atoms with van der Waals surface area (Å²) in [4.78, 5) is 0. The Morgan fingerprint density at radius 1 is 0.247 bits per heavy atom. The van der Waals surface area contributed by atoms with E-state index in [-0.39, 0.29) is 0 Å². The molecule has 0 spiro atoms. The highest BCUT2D eigenvalue weighted by molar-refractivity contribution is 6.27. The van der Waals surface area contributed by atoms with Crippen LogP contribution in [-0.2, 0) is 0 Å². The van der Waals surface area contributed by atoms with Crippen molar-refractivity contribution in [3.05, 3.63) is 266 Å².